The molecule has 0 radical (unpaired) electrons. The first-order valence-electron chi connectivity index (χ1n) is 10.8. The van der Waals surface area contributed by atoms with Crippen LogP contribution in [0.5, 0.6) is 0 Å². The van der Waals surface area contributed by atoms with Crippen molar-refractivity contribution in [1.82, 2.24) is 19.4 Å². The SMILES string of the molecule is CN1CCN(CCCCNC(=O)C2CCN(S(=O)(=O)c3ccc(F)cc3)CC2)CC1. The number of carbonyl (C=O) groups excluding carboxylic acids is 1. The Balaban J connectivity index is 1.34. The molecule has 0 saturated carbocycles. The van der Waals surface area contributed by atoms with Gasteiger partial charge in [-0.3, -0.25) is 4.79 Å². The molecule has 2 saturated heterocycles. The highest BCUT2D eigenvalue weighted by molar-refractivity contribution is 7.89. The number of nitrogens with one attached hydrogen (secondary N) is 1. The third kappa shape index (κ3) is 6.23. The lowest BCUT2D eigenvalue weighted by molar-refractivity contribution is -0.126. The minimum Gasteiger partial charge on any atom is -0.356 e. The Bertz CT molecular complexity index is 787. The van der Waals surface area contributed by atoms with Gasteiger partial charge in [0.25, 0.3) is 0 Å². The Morgan fingerprint density at radius 3 is 2.30 bits per heavy atom. The topological polar surface area (TPSA) is 73.0 Å². The summed E-state index contributed by atoms with van der Waals surface area (Å²) < 4.78 is 39.8. The van der Waals surface area contributed by atoms with Crippen LogP contribution in [-0.2, 0) is 14.8 Å². The number of rotatable bonds is 8. The smallest absolute Gasteiger partial charge is 0.243 e. The fourth-order valence-corrected chi connectivity index (χ4v) is 5.47. The number of sulfonamides is 1. The van der Waals surface area contributed by atoms with Crippen LogP contribution in [0.15, 0.2) is 29.2 Å². The van der Waals surface area contributed by atoms with Gasteiger partial charge < -0.3 is 15.1 Å². The van der Waals surface area contributed by atoms with Gasteiger partial charge in [0.1, 0.15) is 5.82 Å². The number of hydrogen-bond acceptors (Lipinski definition) is 5. The monoisotopic (exact) mass is 440 g/mol. The van der Waals surface area contributed by atoms with E-state index in [1.54, 1.807) is 0 Å². The van der Waals surface area contributed by atoms with E-state index < -0.39 is 15.8 Å². The van der Waals surface area contributed by atoms with Crippen LogP contribution in [0.3, 0.4) is 0 Å². The summed E-state index contributed by atoms with van der Waals surface area (Å²) in [5.74, 6) is -0.594. The summed E-state index contributed by atoms with van der Waals surface area (Å²) in [6, 6.07) is 4.87. The fourth-order valence-electron chi connectivity index (χ4n) is 4.00. The Morgan fingerprint density at radius 2 is 1.67 bits per heavy atom. The van der Waals surface area contributed by atoms with Gasteiger partial charge in [-0.05, 0) is 63.5 Å². The Kier molecular flexibility index (Phi) is 8.21. The van der Waals surface area contributed by atoms with Crippen molar-refractivity contribution in [3.8, 4) is 0 Å². The third-order valence-electron chi connectivity index (χ3n) is 6.07. The molecule has 0 spiro atoms. The number of halogens is 1. The molecule has 0 bridgehead atoms. The highest BCUT2D eigenvalue weighted by atomic mass is 32.2. The summed E-state index contributed by atoms with van der Waals surface area (Å²) in [5, 5.41) is 3.01. The Hall–Kier alpha value is -1.55. The summed E-state index contributed by atoms with van der Waals surface area (Å²) in [6.07, 6.45) is 3.04. The minimum atomic E-state index is -3.64. The van der Waals surface area contributed by atoms with E-state index in [2.05, 4.69) is 22.2 Å². The van der Waals surface area contributed by atoms with Crippen LogP contribution in [0, 0.1) is 11.7 Å². The van der Waals surface area contributed by atoms with Gasteiger partial charge in [0.2, 0.25) is 15.9 Å². The van der Waals surface area contributed by atoms with Crippen molar-refractivity contribution < 1.29 is 17.6 Å². The maximum atomic E-state index is 13.1. The fraction of sp³-hybridized carbons (Fsp3) is 0.667. The number of nitrogens with zero attached hydrogens (tertiary/aromatic N) is 3. The number of amides is 1. The molecule has 0 atom stereocenters. The van der Waals surface area contributed by atoms with Gasteiger partial charge in [-0.2, -0.15) is 4.31 Å². The quantitative estimate of drug-likeness (QED) is 0.618. The van der Waals surface area contributed by atoms with Gasteiger partial charge in [0, 0.05) is 51.7 Å². The first-order valence-corrected chi connectivity index (χ1v) is 12.2. The van der Waals surface area contributed by atoms with Gasteiger partial charge in [0.05, 0.1) is 4.90 Å². The molecule has 2 heterocycles. The molecule has 30 heavy (non-hydrogen) atoms. The molecule has 1 aromatic carbocycles. The van der Waals surface area contributed by atoms with Crippen molar-refractivity contribution in [2.24, 2.45) is 5.92 Å². The minimum absolute atomic E-state index is 0.0217. The van der Waals surface area contributed by atoms with E-state index >= 15 is 0 Å². The van der Waals surface area contributed by atoms with E-state index in [-0.39, 0.29) is 16.7 Å². The molecule has 9 heteroatoms. The lowest BCUT2D eigenvalue weighted by Crippen LogP contribution is -2.45. The van der Waals surface area contributed by atoms with E-state index in [0.717, 1.165) is 57.7 Å². The number of hydrogen-bond donors (Lipinski definition) is 1. The van der Waals surface area contributed by atoms with Crippen LogP contribution in [0.1, 0.15) is 25.7 Å². The number of carbonyl (C=O) groups is 1. The largest absolute Gasteiger partial charge is 0.356 e. The second-order valence-electron chi connectivity index (χ2n) is 8.28. The second kappa shape index (κ2) is 10.7. The van der Waals surface area contributed by atoms with Crippen LogP contribution >= 0.6 is 0 Å². The molecule has 168 valence electrons. The number of piperidine rings is 1. The summed E-state index contributed by atoms with van der Waals surface area (Å²) in [5.41, 5.74) is 0. The predicted molar refractivity (Wildman–Crippen MR) is 114 cm³/mol. The number of likely N-dealkylation sites (N-methyl/N-ethyl adjacent to an activating group) is 1. The third-order valence-corrected chi connectivity index (χ3v) is 7.99. The molecular weight excluding hydrogens is 407 g/mol. The molecule has 7 nitrogen and oxygen atoms in total. The van der Waals surface area contributed by atoms with Crippen molar-refractivity contribution >= 4 is 15.9 Å². The predicted octanol–water partition coefficient (Wildman–Crippen LogP) is 1.37. The molecule has 0 aliphatic carbocycles. The van der Waals surface area contributed by atoms with Crippen molar-refractivity contribution in [3.05, 3.63) is 30.1 Å². The lowest BCUT2D eigenvalue weighted by atomic mass is 9.97. The average molecular weight is 441 g/mol. The highest BCUT2D eigenvalue weighted by Crippen LogP contribution is 2.24. The van der Waals surface area contributed by atoms with Gasteiger partial charge >= 0.3 is 0 Å². The van der Waals surface area contributed by atoms with Gasteiger partial charge in [-0.25, -0.2) is 12.8 Å². The molecule has 0 unspecified atom stereocenters. The standard InChI is InChI=1S/C21H33FN4O3S/c1-24-14-16-25(17-15-24)11-3-2-10-23-21(27)18-8-12-26(13-9-18)30(28,29)20-6-4-19(22)5-7-20/h4-7,18H,2-3,8-17H2,1H3,(H,23,27). The zero-order chi connectivity index (χ0) is 21.6. The van der Waals surface area contributed by atoms with Crippen molar-refractivity contribution in [1.29, 1.82) is 0 Å². The van der Waals surface area contributed by atoms with E-state index in [4.69, 9.17) is 0 Å². The maximum absolute atomic E-state index is 13.1. The normalized spacial score (nSPS) is 20.3. The number of unbranched alkanes of at least 4 members (excludes halogenated alkanes) is 1. The first-order chi connectivity index (χ1) is 14.4. The van der Waals surface area contributed by atoms with Crippen molar-refractivity contribution in [2.45, 2.75) is 30.6 Å². The zero-order valence-electron chi connectivity index (χ0n) is 17.7. The first kappa shape index (κ1) is 23.1. The van der Waals surface area contributed by atoms with Crippen molar-refractivity contribution in [2.75, 3.05) is 59.4 Å². The molecular formula is C21H33FN4O3S. The summed E-state index contributed by atoms with van der Waals surface area (Å²) in [4.78, 5) is 17.3. The zero-order valence-corrected chi connectivity index (χ0v) is 18.5. The van der Waals surface area contributed by atoms with Crippen LogP contribution in [0.4, 0.5) is 4.39 Å². The van der Waals surface area contributed by atoms with E-state index in [0.29, 0.717) is 32.5 Å². The van der Waals surface area contributed by atoms with Gasteiger partial charge in [-0.15, -0.1) is 0 Å². The molecule has 2 aliphatic rings. The van der Waals surface area contributed by atoms with Crippen LogP contribution in [0.25, 0.3) is 0 Å². The molecule has 1 aromatic rings. The maximum Gasteiger partial charge on any atom is 0.243 e. The van der Waals surface area contributed by atoms with Crippen LogP contribution < -0.4 is 5.32 Å². The summed E-state index contributed by atoms with van der Waals surface area (Å²) in [6.45, 7) is 6.82. The summed E-state index contributed by atoms with van der Waals surface area (Å²) >= 11 is 0. The molecule has 3 rings (SSSR count). The average Bonchev–Trinajstić information content (AvgIpc) is 2.75. The number of piperazine rings is 1. The Labute approximate surface area is 179 Å². The van der Waals surface area contributed by atoms with Crippen LogP contribution in [0.2, 0.25) is 0 Å². The second-order valence-corrected chi connectivity index (χ2v) is 10.2. The van der Waals surface area contributed by atoms with E-state index in [9.17, 15) is 17.6 Å². The van der Waals surface area contributed by atoms with Crippen LogP contribution in [-0.4, -0.2) is 87.8 Å². The van der Waals surface area contributed by atoms with Gasteiger partial charge in [0.15, 0.2) is 0 Å². The summed E-state index contributed by atoms with van der Waals surface area (Å²) in [7, 11) is -1.49. The molecule has 2 aliphatic heterocycles. The number of benzene rings is 1. The van der Waals surface area contributed by atoms with Crippen molar-refractivity contribution in [3.63, 3.8) is 0 Å². The van der Waals surface area contributed by atoms with E-state index in [1.165, 1.54) is 16.4 Å². The van der Waals surface area contributed by atoms with Gasteiger partial charge in [-0.1, -0.05) is 0 Å². The lowest BCUT2D eigenvalue weighted by Gasteiger charge is -2.32. The highest BCUT2D eigenvalue weighted by Gasteiger charge is 2.32. The molecule has 0 aromatic heterocycles. The molecule has 1 amide bonds. The van der Waals surface area contributed by atoms with E-state index in [1.807, 2.05) is 0 Å². The Morgan fingerprint density at radius 1 is 1.03 bits per heavy atom. The molecule has 1 N–H and O–H groups in total. The molecule has 2 fully saturated rings.